The first-order valence-electron chi connectivity index (χ1n) is 3.77. The molecule has 0 spiro atoms. The third kappa shape index (κ3) is 2.92. The number of aromatic hydroxyl groups is 1. The molecule has 0 saturated heterocycles. The van der Waals surface area contributed by atoms with E-state index in [9.17, 15) is 4.79 Å². The van der Waals surface area contributed by atoms with Gasteiger partial charge in [-0.25, -0.2) is 0 Å². The lowest BCUT2D eigenvalue weighted by molar-refractivity contribution is -0.112. The SMILES string of the molecule is CC(=O)/C=C/c1ccc(O)cc1Cl. The molecule has 1 N–H and O–H groups in total. The predicted octanol–water partition coefficient (Wildman–Crippen LogP) is 2.65. The van der Waals surface area contributed by atoms with Crippen molar-refractivity contribution in [3.8, 4) is 5.75 Å². The average Bonchev–Trinajstić information content (AvgIpc) is 2.02. The van der Waals surface area contributed by atoms with Crippen LogP contribution in [0.5, 0.6) is 5.75 Å². The number of carbonyl (C=O) groups excluding carboxylic acids is 1. The summed E-state index contributed by atoms with van der Waals surface area (Å²) in [7, 11) is 0. The molecule has 0 radical (unpaired) electrons. The Labute approximate surface area is 81.5 Å². The van der Waals surface area contributed by atoms with Crippen LogP contribution in [0.4, 0.5) is 0 Å². The molecule has 0 aromatic heterocycles. The molecule has 1 rings (SSSR count). The molecule has 0 amide bonds. The van der Waals surface area contributed by atoms with Gasteiger partial charge in [-0.1, -0.05) is 11.6 Å². The van der Waals surface area contributed by atoms with Crippen LogP contribution < -0.4 is 0 Å². The molecule has 0 fully saturated rings. The molecule has 1 aromatic rings. The molecule has 0 aliphatic rings. The first kappa shape index (κ1) is 9.81. The molecule has 68 valence electrons. The van der Waals surface area contributed by atoms with Crippen LogP contribution in [-0.2, 0) is 4.79 Å². The third-order valence-corrected chi connectivity index (χ3v) is 1.81. The van der Waals surface area contributed by atoms with E-state index >= 15 is 0 Å². The topological polar surface area (TPSA) is 37.3 Å². The van der Waals surface area contributed by atoms with Gasteiger partial charge in [0, 0.05) is 0 Å². The highest BCUT2D eigenvalue weighted by Gasteiger charge is 1.97. The van der Waals surface area contributed by atoms with Crippen LogP contribution >= 0.6 is 11.6 Å². The standard InChI is InChI=1S/C10H9ClO2/c1-7(12)2-3-8-4-5-9(13)6-10(8)11/h2-6,13H,1H3/b3-2+. The Morgan fingerprint density at radius 1 is 1.54 bits per heavy atom. The lowest BCUT2D eigenvalue weighted by Crippen LogP contribution is -1.80. The quantitative estimate of drug-likeness (QED) is 0.739. The van der Waals surface area contributed by atoms with Gasteiger partial charge in [-0.3, -0.25) is 4.79 Å². The Balaban J connectivity index is 2.96. The van der Waals surface area contributed by atoms with Crippen LogP contribution in [0.15, 0.2) is 24.3 Å². The van der Waals surface area contributed by atoms with Crippen LogP contribution in [-0.4, -0.2) is 10.9 Å². The number of phenolic OH excluding ortho intramolecular Hbond substituents is 1. The van der Waals surface area contributed by atoms with Gasteiger partial charge in [-0.2, -0.15) is 0 Å². The van der Waals surface area contributed by atoms with Crippen molar-refractivity contribution in [2.75, 3.05) is 0 Å². The van der Waals surface area contributed by atoms with E-state index in [1.807, 2.05) is 0 Å². The number of hydrogen-bond acceptors (Lipinski definition) is 2. The Bertz CT molecular complexity index is 356. The summed E-state index contributed by atoms with van der Waals surface area (Å²) in [5.74, 6) is 0.0779. The fourth-order valence-corrected chi connectivity index (χ4v) is 1.10. The van der Waals surface area contributed by atoms with Crippen molar-refractivity contribution in [1.82, 2.24) is 0 Å². The number of halogens is 1. The Morgan fingerprint density at radius 3 is 2.77 bits per heavy atom. The van der Waals surface area contributed by atoms with Gasteiger partial charge >= 0.3 is 0 Å². The van der Waals surface area contributed by atoms with Crippen molar-refractivity contribution in [3.63, 3.8) is 0 Å². The van der Waals surface area contributed by atoms with E-state index in [2.05, 4.69) is 0 Å². The summed E-state index contributed by atoms with van der Waals surface area (Å²) >= 11 is 5.79. The highest BCUT2D eigenvalue weighted by Crippen LogP contribution is 2.22. The van der Waals surface area contributed by atoms with E-state index in [0.29, 0.717) is 5.02 Å². The summed E-state index contributed by atoms with van der Waals surface area (Å²) in [6.07, 6.45) is 3.04. The first-order chi connectivity index (χ1) is 6.09. The van der Waals surface area contributed by atoms with Crippen molar-refractivity contribution in [2.24, 2.45) is 0 Å². The fraction of sp³-hybridized carbons (Fsp3) is 0.100. The molecule has 0 aliphatic heterocycles. The van der Waals surface area contributed by atoms with Gasteiger partial charge in [-0.15, -0.1) is 0 Å². The smallest absolute Gasteiger partial charge is 0.152 e. The van der Waals surface area contributed by atoms with Gasteiger partial charge in [0.1, 0.15) is 5.75 Å². The minimum atomic E-state index is -0.0378. The predicted molar refractivity (Wildman–Crippen MR) is 52.8 cm³/mol. The van der Waals surface area contributed by atoms with Gasteiger partial charge in [0.25, 0.3) is 0 Å². The van der Waals surface area contributed by atoms with E-state index < -0.39 is 0 Å². The van der Waals surface area contributed by atoms with Gasteiger partial charge < -0.3 is 5.11 Å². The normalized spacial score (nSPS) is 10.6. The molecule has 2 nitrogen and oxygen atoms in total. The minimum absolute atomic E-state index is 0.0378. The second-order valence-electron chi connectivity index (χ2n) is 2.65. The van der Waals surface area contributed by atoms with E-state index in [1.54, 1.807) is 12.1 Å². The van der Waals surface area contributed by atoms with Crippen LogP contribution in [0.2, 0.25) is 5.02 Å². The summed E-state index contributed by atoms with van der Waals surface area (Å²) in [5, 5.41) is 9.47. The summed E-state index contributed by atoms with van der Waals surface area (Å²) < 4.78 is 0. The number of rotatable bonds is 2. The van der Waals surface area contributed by atoms with Crippen molar-refractivity contribution >= 4 is 23.5 Å². The number of phenols is 1. The van der Waals surface area contributed by atoms with Crippen LogP contribution in [0.3, 0.4) is 0 Å². The molecule has 0 unspecified atom stereocenters. The van der Waals surface area contributed by atoms with E-state index in [1.165, 1.54) is 25.1 Å². The molecular formula is C10H9ClO2. The third-order valence-electron chi connectivity index (χ3n) is 1.48. The minimum Gasteiger partial charge on any atom is -0.508 e. The highest BCUT2D eigenvalue weighted by molar-refractivity contribution is 6.32. The molecule has 0 bridgehead atoms. The molecule has 0 atom stereocenters. The van der Waals surface area contributed by atoms with Crippen LogP contribution in [0, 0.1) is 0 Å². The fourth-order valence-electron chi connectivity index (χ4n) is 0.858. The molecular weight excluding hydrogens is 188 g/mol. The maximum atomic E-state index is 10.6. The van der Waals surface area contributed by atoms with E-state index in [0.717, 1.165) is 5.56 Å². The zero-order valence-electron chi connectivity index (χ0n) is 7.12. The monoisotopic (exact) mass is 196 g/mol. The lowest BCUT2D eigenvalue weighted by atomic mass is 10.2. The molecule has 0 heterocycles. The molecule has 13 heavy (non-hydrogen) atoms. The Morgan fingerprint density at radius 2 is 2.23 bits per heavy atom. The lowest BCUT2D eigenvalue weighted by Gasteiger charge is -1.97. The second-order valence-corrected chi connectivity index (χ2v) is 3.06. The maximum absolute atomic E-state index is 10.6. The summed E-state index contributed by atoms with van der Waals surface area (Å²) in [5.41, 5.74) is 0.717. The van der Waals surface area contributed by atoms with Crippen molar-refractivity contribution in [1.29, 1.82) is 0 Å². The molecule has 3 heteroatoms. The number of ketones is 1. The van der Waals surface area contributed by atoms with Crippen LogP contribution in [0.25, 0.3) is 6.08 Å². The van der Waals surface area contributed by atoms with Crippen molar-refractivity contribution in [3.05, 3.63) is 34.9 Å². The van der Waals surface area contributed by atoms with Gasteiger partial charge in [0.2, 0.25) is 0 Å². The Hall–Kier alpha value is -1.28. The van der Waals surface area contributed by atoms with Crippen LogP contribution in [0.1, 0.15) is 12.5 Å². The van der Waals surface area contributed by atoms with Gasteiger partial charge in [0.15, 0.2) is 5.78 Å². The number of allylic oxidation sites excluding steroid dienone is 1. The van der Waals surface area contributed by atoms with E-state index in [4.69, 9.17) is 16.7 Å². The van der Waals surface area contributed by atoms with Gasteiger partial charge in [0.05, 0.1) is 5.02 Å². The zero-order chi connectivity index (χ0) is 9.84. The first-order valence-corrected chi connectivity index (χ1v) is 4.14. The van der Waals surface area contributed by atoms with Crippen molar-refractivity contribution in [2.45, 2.75) is 6.92 Å². The molecule has 0 saturated carbocycles. The molecule has 1 aromatic carbocycles. The van der Waals surface area contributed by atoms with Crippen molar-refractivity contribution < 1.29 is 9.90 Å². The number of carbonyl (C=O) groups is 1. The summed E-state index contributed by atoms with van der Waals surface area (Å²) in [6.45, 7) is 1.46. The molecule has 0 aliphatic carbocycles. The van der Waals surface area contributed by atoms with Gasteiger partial charge in [-0.05, 0) is 42.8 Å². The number of benzene rings is 1. The van der Waals surface area contributed by atoms with E-state index in [-0.39, 0.29) is 11.5 Å². The Kier molecular flexibility index (Phi) is 3.09. The maximum Gasteiger partial charge on any atom is 0.152 e. The second kappa shape index (κ2) is 4.10. The summed E-state index contributed by atoms with van der Waals surface area (Å²) in [6, 6.07) is 4.60. The largest absolute Gasteiger partial charge is 0.508 e. The summed E-state index contributed by atoms with van der Waals surface area (Å²) in [4.78, 5) is 10.6. The number of hydrogen-bond donors (Lipinski definition) is 1. The zero-order valence-corrected chi connectivity index (χ0v) is 7.88. The highest BCUT2D eigenvalue weighted by atomic mass is 35.5. The average molecular weight is 197 g/mol.